The van der Waals surface area contributed by atoms with E-state index in [1.807, 2.05) is 0 Å². The number of alkyl halides is 2. The molecule has 1 fully saturated rings. The molecule has 1 aliphatic carbocycles. The van der Waals surface area contributed by atoms with E-state index in [2.05, 4.69) is 10.6 Å². The molecule has 0 unspecified atom stereocenters. The van der Waals surface area contributed by atoms with Gasteiger partial charge in [0.15, 0.2) is 0 Å². The molecule has 1 saturated carbocycles. The van der Waals surface area contributed by atoms with Gasteiger partial charge >= 0.3 is 6.03 Å². The van der Waals surface area contributed by atoms with Gasteiger partial charge in [-0.1, -0.05) is 12.1 Å². The molecular weight excluding hydrogens is 282 g/mol. The van der Waals surface area contributed by atoms with Gasteiger partial charge < -0.3 is 20.5 Å². The van der Waals surface area contributed by atoms with Gasteiger partial charge in [0.05, 0.1) is 12.3 Å². The van der Waals surface area contributed by atoms with Crippen LogP contribution in [-0.4, -0.2) is 37.3 Å². The number of ether oxygens (including phenoxy) is 1. The number of hydrogen-bond donors (Lipinski definition) is 3. The van der Waals surface area contributed by atoms with Crippen molar-refractivity contribution in [3.8, 4) is 5.75 Å². The molecular formula is C14H18F2N2O3. The van der Waals surface area contributed by atoms with E-state index < -0.39 is 19.1 Å². The van der Waals surface area contributed by atoms with Crippen LogP contribution in [0.15, 0.2) is 24.3 Å². The van der Waals surface area contributed by atoms with Gasteiger partial charge in [0.25, 0.3) is 6.43 Å². The number of carbonyl (C=O) groups excluding carboxylic acids is 1. The normalized spacial score (nSPS) is 15.6. The summed E-state index contributed by atoms with van der Waals surface area (Å²) in [5.74, 6) is 0.191. The minimum Gasteiger partial charge on any atom is -0.485 e. The summed E-state index contributed by atoms with van der Waals surface area (Å²) in [6.07, 6.45) is -0.804. The smallest absolute Gasteiger partial charge is 0.319 e. The largest absolute Gasteiger partial charge is 0.485 e. The maximum absolute atomic E-state index is 12.2. The highest BCUT2D eigenvalue weighted by Crippen LogP contribution is 2.44. The number of amides is 2. The molecule has 0 heterocycles. The summed E-state index contributed by atoms with van der Waals surface area (Å²) in [5.41, 5.74) is 0.132. The molecule has 1 aliphatic rings. The minimum absolute atomic E-state index is 0.0430. The molecule has 3 N–H and O–H groups in total. The minimum atomic E-state index is -2.58. The molecule has 7 heteroatoms. The fraction of sp³-hybridized carbons (Fsp3) is 0.500. The molecule has 0 aliphatic heterocycles. The molecule has 1 aromatic carbocycles. The van der Waals surface area contributed by atoms with Gasteiger partial charge in [-0.05, 0) is 25.0 Å². The van der Waals surface area contributed by atoms with Crippen molar-refractivity contribution in [2.75, 3.05) is 25.1 Å². The van der Waals surface area contributed by atoms with Crippen LogP contribution in [0, 0.1) is 5.41 Å². The summed E-state index contributed by atoms with van der Waals surface area (Å²) in [5, 5.41) is 14.4. The number of para-hydroxylation sites is 2. The molecule has 0 aromatic heterocycles. The number of halogens is 2. The van der Waals surface area contributed by atoms with Crippen LogP contribution in [0.2, 0.25) is 0 Å². The zero-order chi connectivity index (χ0) is 15.3. The fourth-order valence-corrected chi connectivity index (χ4v) is 1.85. The lowest BCUT2D eigenvalue weighted by molar-refractivity contribution is 0.0823. The molecule has 116 valence electrons. The summed E-state index contributed by atoms with van der Waals surface area (Å²) in [6, 6.07) is 5.92. The number of carbonyl (C=O) groups is 1. The van der Waals surface area contributed by atoms with E-state index in [1.165, 1.54) is 6.07 Å². The van der Waals surface area contributed by atoms with Crippen molar-refractivity contribution in [3.63, 3.8) is 0 Å². The highest BCUT2D eigenvalue weighted by atomic mass is 19.3. The van der Waals surface area contributed by atoms with E-state index in [0.29, 0.717) is 12.2 Å². The van der Waals surface area contributed by atoms with Gasteiger partial charge in [0.2, 0.25) is 0 Å². The monoisotopic (exact) mass is 300 g/mol. The van der Waals surface area contributed by atoms with Crippen molar-refractivity contribution in [1.82, 2.24) is 5.32 Å². The van der Waals surface area contributed by atoms with Crippen molar-refractivity contribution >= 4 is 11.7 Å². The molecule has 2 rings (SSSR count). The average molecular weight is 300 g/mol. The molecule has 0 radical (unpaired) electrons. The molecule has 21 heavy (non-hydrogen) atoms. The lowest BCUT2D eigenvalue weighted by atomic mass is 10.1. The van der Waals surface area contributed by atoms with Gasteiger partial charge in [-0.15, -0.1) is 0 Å². The predicted octanol–water partition coefficient (Wildman–Crippen LogP) is 2.22. The zero-order valence-electron chi connectivity index (χ0n) is 11.4. The van der Waals surface area contributed by atoms with E-state index >= 15 is 0 Å². The first-order chi connectivity index (χ1) is 10.0. The number of rotatable bonds is 7. The maximum atomic E-state index is 12.2. The Hall–Kier alpha value is -1.89. The number of anilines is 1. The lowest BCUT2D eigenvalue weighted by Gasteiger charge is -2.15. The molecule has 2 amide bonds. The average Bonchev–Trinajstić information content (AvgIpc) is 3.25. The van der Waals surface area contributed by atoms with Gasteiger partial charge in [-0.2, -0.15) is 0 Å². The first-order valence-electron chi connectivity index (χ1n) is 6.70. The van der Waals surface area contributed by atoms with Crippen molar-refractivity contribution in [3.05, 3.63) is 24.3 Å². The third-order valence-electron chi connectivity index (χ3n) is 3.42. The molecule has 0 bridgehead atoms. The van der Waals surface area contributed by atoms with Crippen LogP contribution >= 0.6 is 0 Å². The first-order valence-corrected chi connectivity index (χ1v) is 6.70. The zero-order valence-corrected chi connectivity index (χ0v) is 11.4. The lowest BCUT2D eigenvalue weighted by Crippen LogP contribution is -2.35. The highest BCUT2D eigenvalue weighted by Gasteiger charge is 2.42. The Kier molecular flexibility index (Phi) is 4.95. The van der Waals surface area contributed by atoms with Crippen molar-refractivity contribution in [2.24, 2.45) is 5.41 Å². The third kappa shape index (κ3) is 4.56. The quantitative estimate of drug-likeness (QED) is 0.723. The number of urea groups is 1. The number of hydrogen-bond acceptors (Lipinski definition) is 3. The second-order valence-electron chi connectivity index (χ2n) is 5.16. The molecule has 5 nitrogen and oxygen atoms in total. The van der Waals surface area contributed by atoms with Crippen LogP contribution in [-0.2, 0) is 0 Å². The number of nitrogens with one attached hydrogen (secondary N) is 2. The van der Waals surface area contributed by atoms with Crippen LogP contribution in [0.3, 0.4) is 0 Å². The van der Waals surface area contributed by atoms with Crippen LogP contribution < -0.4 is 15.4 Å². The summed E-state index contributed by atoms with van der Waals surface area (Å²) in [6.45, 7) is -0.301. The number of aliphatic hydroxyl groups excluding tert-OH is 1. The Morgan fingerprint density at radius 2 is 2.10 bits per heavy atom. The Morgan fingerprint density at radius 3 is 2.71 bits per heavy atom. The third-order valence-corrected chi connectivity index (χ3v) is 3.42. The number of aliphatic hydroxyl groups is 1. The Balaban J connectivity index is 1.87. The van der Waals surface area contributed by atoms with Crippen LogP contribution in [0.1, 0.15) is 12.8 Å². The van der Waals surface area contributed by atoms with Gasteiger partial charge in [0, 0.05) is 12.0 Å². The van der Waals surface area contributed by atoms with Crippen LogP contribution in [0.5, 0.6) is 5.75 Å². The van der Waals surface area contributed by atoms with Gasteiger partial charge in [0.1, 0.15) is 12.4 Å². The van der Waals surface area contributed by atoms with Crippen LogP contribution in [0.25, 0.3) is 0 Å². The topological polar surface area (TPSA) is 70.6 Å². The second-order valence-corrected chi connectivity index (χ2v) is 5.16. The van der Waals surface area contributed by atoms with Crippen molar-refractivity contribution < 1.29 is 23.4 Å². The fourth-order valence-electron chi connectivity index (χ4n) is 1.85. The van der Waals surface area contributed by atoms with Crippen molar-refractivity contribution in [2.45, 2.75) is 19.3 Å². The first kappa shape index (κ1) is 15.5. The number of benzene rings is 1. The van der Waals surface area contributed by atoms with E-state index in [9.17, 15) is 13.6 Å². The van der Waals surface area contributed by atoms with E-state index in [-0.39, 0.29) is 17.8 Å². The SMILES string of the molecule is O=C(NCC1(CO)CC1)Nc1ccccc1OCC(F)F. The summed E-state index contributed by atoms with van der Waals surface area (Å²) in [7, 11) is 0. The molecule has 0 atom stereocenters. The van der Waals surface area contributed by atoms with Gasteiger partial charge in [-0.25, -0.2) is 13.6 Å². The Morgan fingerprint density at radius 1 is 1.38 bits per heavy atom. The Bertz CT molecular complexity index is 493. The summed E-state index contributed by atoms with van der Waals surface area (Å²) < 4.78 is 29.3. The summed E-state index contributed by atoms with van der Waals surface area (Å²) in [4.78, 5) is 11.8. The predicted molar refractivity (Wildman–Crippen MR) is 73.7 cm³/mol. The van der Waals surface area contributed by atoms with E-state index in [4.69, 9.17) is 9.84 Å². The summed E-state index contributed by atoms with van der Waals surface area (Å²) >= 11 is 0. The maximum Gasteiger partial charge on any atom is 0.319 e. The molecule has 0 spiro atoms. The van der Waals surface area contributed by atoms with E-state index in [0.717, 1.165) is 12.8 Å². The molecule has 0 saturated heterocycles. The van der Waals surface area contributed by atoms with Crippen molar-refractivity contribution in [1.29, 1.82) is 0 Å². The second kappa shape index (κ2) is 6.71. The van der Waals surface area contributed by atoms with E-state index in [1.54, 1.807) is 18.2 Å². The van der Waals surface area contributed by atoms with Gasteiger partial charge in [-0.3, -0.25) is 0 Å². The standard InChI is InChI=1S/C14H18F2N2O3/c15-12(16)7-21-11-4-2-1-3-10(11)18-13(20)17-8-14(9-19)5-6-14/h1-4,12,19H,5-9H2,(H2,17,18,20). The van der Waals surface area contributed by atoms with Crippen LogP contribution in [0.4, 0.5) is 19.3 Å². The molecule has 1 aromatic rings. The Labute approximate surface area is 121 Å². The highest BCUT2D eigenvalue weighted by molar-refractivity contribution is 5.90.